The van der Waals surface area contributed by atoms with Crippen LogP contribution in [0.25, 0.3) is 0 Å². The fraction of sp³-hybridized carbons (Fsp3) is 0.941. The SMILES string of the molecule is CCCCCCCCCC(C)CCC(C)C(=O)OC. The molecule has 0 rings (SSSR count). The van der Waals surface area contributed by atoms with Crippen LogP contribution in [0.5, 0.6) is 0 Å². The van der Waals surface area contributed by atoms with Crippen LogP contribution in [0.15, 0.2) is 0 Å². The third-order valence-electron chi connectivity index (χ3n) is 4.00. The van der Waals surface area contributed by atoms with E-state index in [1.807, 2.05) is 6.92 Å². The summed E-state index contributed by atoms with van der Waals surface area (Å²) in [7, 11) is 1.47. The predicted octanol–water partition coefficient (Wildman–Crippen LogP) is 5.35. The molecule has 0 bridgehead atoms. The van der Waals surface area contributed by atoms with Gasteiger partial charge in [0, 0.05) is 0 Å². The molecule has 0 radical (unpaired) electrons. The Kier molecular flexibility index (Phi) is 12.2. The average molecular weight is 270 g/mol. The summed E-state index contributed by atoms with van der Waals surface area (Å²) in [4.78, 5) is 11.3. The number of carbonyl (C=O) groups excluding carboxylic acids is 1. The highest BCUT2D eigenvalue weighted by atomic mass is 16.5. The van der Waals surface area contributed by atoms with Crippen molar-refractivity contribution in [2.24, 2.45) is 11.8 Å². The van der Waals surface area contributed by atoms with E-state index in [0.29, 0.717) is 0 Å². The van der Waals surface area contributed by atoms with Crippen molar-refractivity contribution in [3.8, 4) is 0 Å². The van der Waals surface area contributed by atoms with Gasteiger partial charge in [-0.05, 0) is 18.8 Å². The summed E-state index contributed by atoms with van der Waals surface area (Å²) in [6.45, 7) is 6.53. The van der Waals surface area contributed by atoms with Gasteiger partial charge in [0.25, 0.3) is 0 Å². The van der Waals surface area contributed by atoms with Gasteiger partial charge in [-0.15, -0.1) is 0 Å². The van der Waals surface area contributed by atoms with Gasteiger partial charge in [0.1, 0.15) is 0 Å². The molecule has 0 aromatic rings. The first-order valence-electron chi connectivity index (χ1n) is 8.19. The highest BCUT2D eigenvalue weighted by Gasteiger charge is 2.14. The van der Waals surface area contributed by atoms with Gasteiger partial charge in [0.15, 0.2) is 0 Å². The van der Waals surface area contributed by atoms with E-state index < -0.39 is 0 Å². The molecule has 0 aliphatic heterocycles. The predicted molar refractivity (Wildman–Crippen MR) is 82.2 cm³/mol. The lowest BCUT2D eigenvalue weighted by molar-refractivity contribution is -0.145. The van der Waals surface area contributed by atoms with Crippen molar-refractivity contribution in [2.75, 3.05) is 7.11 Å². The Hall–Kier alpha value is -0.530. The standard InChI is InChI=1S/C17H34O2/c1-5-6-7-8-9-10-11-12-15(2)13-14-16(3)17(18)19-4/h15-16H,5-14H2,1-4H3. The summed E-state index contributed by atoms with van der Waals surface area (Å²) in [6.07, 6.45) is 13.1. The van der Waals surface area contributed by atoms with Crippen LogP contribution >= 0.6 is 0 Å². The van der Waals surface area contributed by atoms with Crippen molar-refractivity contribution in [2.45, 2.75) is 85.0 Å². The molecule has 19 heavy (non-hydrogen) atoms. The van der Waals surface area contributed by atoms with Crippen molar-refractivity contribution in [3.05, 3.63) is 0 Å². The largest absolute Gasteiger partial charge is 0.469 e. The molecule has 0 aliphatic rings. The minimum absolute atomic E-state index is 0.0569. The van der Waals surface area contributed by atoms with Crippen LogP contribution in [0.2, 0.25) is 0 Å². The lowest BCUT2D eigenvalue weighted by Crippen LogP contribution is -2.13. The quantitative estimate of drug-likeness (QED) is 0.353. The summed E-state index contributed by atoms with van der Waals surface area (Å²) < 4.78 is 4.75. The second-order valence-electron chi connectivity index (χ2n) is 6.02. The summed E-state index contributed by atoms with van der Waals surface area (Å²) in [5.41, 5.74) is 0. The Morgan fingerprint density at radius 1 is 0.895 bits per heavy atom. The van der Waals surface area contributed by atoms with Crippen molar-refractivity contribution in [1.29, 1.82) is 0 Å². The van der Waals surface area contributed by atoms with E-state index in [1.54, 1.807) is 0 Å². The first-order chi connectivity index (χ1) is 9.11. The van der Waals surface area contributed by atoms with Gasteiger partial charge in [-0.1, -0.05) is 72.1 Å². The molecule has 0 aliphatic carbocycles. The van der Waals surface area contributed by atoms with Gasteiger partial charge >= 0.3 is 5.97 Å². The molecular weight excluding hydrogens is 236 g/mol. The third-order valence-corrected chi connectivity index (χ3v) is 4.00. The van der Waals surface area contributed by atoms with Crippen LogP contribution in [0.4, 0.5) is 0 Å². The highest BCUT2D eigenvalue weighted by Crippen LogP contribution is 2.19. The molecule has 2 atom stereocenters. The van der Waals surface area contributed by atoms with Gasteiger partial charge in [0.2, 0.25) is 0 Å². The second kappa shape index (κ2) is 12.5. The fourth-order valence-electron chi connectivity index (χ4n) is 2.45. The first kappa shape index (κ1) is 18.5. The van der Waals surface area contributed by atoms with E-state index in [0.717, 1.165) is 18.8 Å². The van der Waals surface area contributed by atoms with Crippen LogP contribution in [-0.4, -0.2) is 13.1 Å². The van der Waals surface area contributed by atoms with Crippen LogP contribution < -0.4 is 0 Å². The molecule has 2 nitrogen and oxygen atoms in total. The van der Waals surface area contributed by atoms with Crippen molar-refractivity contribution in [1.82, 2.24) is 0 Å². The van der Waals surface area contributed by atoms with E-state index in [4.69, 9.17) is 4.74 Å². The zero-order chi connectivity index (χ0) is 14.5. The molecule has 114 valence electrons. The number of carbonyl (C=O) groups is 1. The zero-order valence-electron chi connectivity index (χ0n) is 13.5. The minimum Gasteiger partial charge on any atom is -0.469 e. The number of hydrogen-bond donors (Lipinski definition) is 0. The molecule has 0 saturated carbocycles. The average Bonchev–Trinajstić information content (AvgIpc) is 2.42. The Morgan fingerprint density at radius 3 is 2.05 bits per heavy atom. The molecule has 0 amide bonds. The number of hydrogen-bond acceptors (Lipinski definition) is 2. The zero-order valence-corrected chi connectivity index (χ0v) is 13.5. The first-order valence-corrected chi connectivity index (χ1v) is 8.19. The maximum atomic E-state index is 11.3. The molecule has 0 spiro atoms. The summed E-state index contributed by atoms with van der Waals surface area (Å²) in [6, 6.07) is 0. The molecule has 0 heterocycles. The van der Waals surface area contributed by atoms with Gasteiger partial charge < -0.3 is 4.74 Å². The molecule has 2 heteroatoms. The summed E-state index contributed by atoms with van der Waals surface area (Å²) >= 11 is 0. The van der Waals surface area contributed by atoms with Crippen LogP contribution in [-0.2, 0) is 9.53 Å². The fourth-order valence-corrected chi connectivity index (χ4v) is 2.45. The van der Waals surface area contributed by atoms with E-state index in [-0.39, 0.29) is 11.9 Å². The Balaban J connectivity index is 3.39. The number of esters is 1. The third kappa shape index (κ3) is 11.0. The van der Waals surface area contributed by atoms with Crippen molar-refractivity contribution >= 4 is 5.97 Å². The number of ether oxygens (including phenoxy) is 1. The number of methoxy groups -OCH3 is 1. The van der Waals surface area contributed by atoms with E-state index in [2.05, 4.69) is 13.8 Å². The van der Waals surface area contributed by atoms with E-state index in [1.165, 1.54) is 58.5 Å². The molecule has 0 aromatic heterocycles. The Labute approximate surface area is 120 Å². The van der Waals surface area contributed by atoms with E-state index >= 15 is 0 Å². The summed E-state index contributed by atoms with van der Waals surface area (Å²) in [5, 5.41) is 0. The van der Waals surface area contributed by atoms with Crippen molar-refractivity contribution < 1.29 is 9.53 Å². The van der Waals surface area contributed by atoms with Crippen molar-refractivity contribution in [3.63, 3.8) is 0 Å². The summed E-state index contributed by atoms with van der Waals surface area (Å²) in [5.74, 6) is 0.729. The lowest BCUT2D eigenvalue weighted by Gasteiger charge is -2.14. The highest BCUT2D eigenvalue weighted by molar-refractivity contribution is 5.71. The second-order valence-corrected chi connectivity index (χ2v) is 6.02. The van der Waals surface area contributed by atoms with Crippen LogP contribution in [0, 0.1) is 11.8 Å². The van der Waals surface area contributed by atoms with Gasteiger partial charge in [-0.2, -0.15) is 0 Å². The Bertz CT molecular complexity index is 213. The molecule has 0 N–H and O–H groups in total. The van der Waals surface area contributed by atoms with E-state index in [9.17, 15) is 4.79 Å². The molecule has 0 saturated heterocycles. The molecular formula is C17H34O2. The lowest BCUT2D eigenvalue weighted by atomic mass is 9.93. The minimum atomic E-state index is -0.0666. The maximum absolute atomic E-state index is 11.3. The maximum Gasteiger partial charge on any atom is 0.308 e. The number of rotatable bonds is 12. The van der Waals surface area contributed by atoms with Gasteiger partial charge in [-0.25, -0.2) is 0 Å². The smallest absolute Gasteiger partial charge is 0.308 e. The molecule has 0 aromatic carbocycles. The van der Waals surface area contributed by atoms with Crippen LogP contribution in [0.1, 0.15) is 85.0 Å². The molecule has 0 fully saturated rings. The van der Waals surface area contributed by atoms with Gasteiger partial charge in [-0.3, -0.25) is 4.79 Å². The molecule has 2 unspecified atom stereocenters. The topological polar surface area (TPSA) is 26.3 Å². The number of unbranched alkanes of at least 4 members (excludes halogenated alkanes) is 6. The van der Waals surface area contributed by atoms with Gasteiger partial charge in [0.05, 0.1) is 13.0 Å². The van der Waals surface area contributed by atoms with Crippen LogP contribution in [0.3, 0.4) is 0 Å². The normalized spacial score (nSPS) is 14.1. The Morgan fingerprint density at radius 2 is 1.47 bits per heavy atom. The monoisotopic (exact) mass is 270 g/mol.